The summed E-state index contributed by atoms with van der Waals surface area (Å²) in [6.45, 7) is 0. The summed E-state index contributed by atoms with van der Waals surface area (Å²) in [4.78, 5) is 10.2. The van der Waals surface area contributed by atoms with Crippen LogP contribution in [-0.2, 0) is 0 Å². The largest absolute Gasteiger partial charge is 0.291 e. The fourth-order valence-corrected chi connectivity index (χ4v) is 8.88. The fraction of sp³-hybridized carbons (Fsp3) is 0. The van der Waals surface area contributed by atoms with Gasteiger partial charge in [-0.15, -0.1) is 11.3 Å². The molecule has 0 aliphatic rings. The van der Waals surface area contributed by atoms with Gasteiger partial charge < -0.3 is 0 Å². The number of rotatable bonds is 2. The maximum absolute atomic E-state index is 5.46. The number of imidazole rings is 1. The Hall–Kier alpha value is -6.10. The van der Waals surface area contributed by atoms with Crippen molar-refractivity contribution in [2.45, 2.75) is 0 Å². The van der Waals surface area contributed by atoms with E-state index in [-0.39, 0.29) is 0 Å². The number of hydrogen-bond donors (Lipinski definition) is 0. The number of hydrogen-bond acceptors (Lipinski definition) is 3. The van der Waals surface area contributed by atoms with E-state index in [1.807, 2.05) is 23.6 Å². The lowest BCUT2D eigenvalue weighted by Crippen LogP contribution is -1.93. The van der Waals surface area contributed by atoms with Gasteiger partial charge in [-0.3, -0.25) is 9.38 Å². The molecule has 11 aromatic rings. The number of fused-ring (bicyclic) bond motifs is 13. The second-order valence-corrected chi connectivity index (χ2v) is 13.7. The zero-order valence-corrected chi connectivity index (χ0v) is 26.5. The Bertz CT molecular complexity index is 3110. The molecule has 7 aromatic carbocycles. The van der Waals surface area contributed by atoms with Gasteiger partial charge in [0.25, 0.3) is 0 Å². The van der Waals surface area contributed by atoms with Crippen molar-refractivity contribution in [3.8, 4) is 22.4 Å². The lowest BCUT2D eigenvalue weighted by Gasteiger charge is -2.12. The average Bonchev–Trinajstić information content (AvgIpc) is 3.73. The molecule has 0 fully saturated rings. The number of benzene rings is 7. The van der Waals surface area contributed by atoms with Gasteiger partial charge in [0.1, 0.15) is 0 Å². The molecule has 11 rings (SSSR count). The van der Waals surface area contributed by atoms with Gasteiger partial charge in [-0.2, -0.15) is 0 Å². The maximum atomic E-state index is 5.46. The molecule has 0 aliphatic heterocycles. The standard InChI is InChI=1S/C44H25N3S/c1-2-9-29-23-36-30(22-28(29)8-1)19-20-38-42(36)46-44-43-37(33-12-5-6-14-40(33)48-43)25-39(47(38)44)27-17-15-26(16-18-27)35-24-31-10-7-21-45-41(31)34-13-4-3-11-32(34)35/h1-25H. The first-order valence-electron chi connectivity index (χ1n) is 16.2. The minimum atomic E-state index is 1.01. The van der Waals surface area contributed by atoms with Crippen LogP contribution >= 0.6 is 11.3 Å². The predicted octanol–water partition coefficient (Wildman–Crippen LogP) is 12.2. The molecule has 4 aromatic heterocycles. The molecule has 4 heteroatoms. The third-order valence-corrected chi connectivity index (χ3v) is 11.2. The zero-order valence-electron chi connectivity index (χ0n) is 25.7. The van der Waals surface area contributed by atoms with Crippen LogP contribution in [0.25, 0.3) is 102 Å². The first-order chi connectivity index (χ1) is 23.8. The third kappa shape index (κ3) is 3.63. The Morgan fingerprint density at radius 3 is 2.08 bits per heavy atom. The summed E-state index contributed by atoms with van der Waals surface area (Å²) < 4.78 is 4.88. The van der Waals surface area contributed by atoms with Crippen LogP contribution in [0.4, 0.5) is 0 Å². The van der Waals surface area contributed by atoms with Gasteiger partial charge >= 0.3 is 0 Å². The van der Waals surface area contributed by atoms with Crippen LogP contribution in [0.2, 0.25) is 0 Å². The fourth-order valence-electron chi connectivity index (χ4n) is 7.72. The van der Waals surface area contributed by atoms with Crippen LogP contribution in [0.3, 0.4) is 0 Å². The van der Waals surface area contributed by atoms with E-state index >= 15 is 0 Å². The van der Waals surface area contributed by atoms with Crippen LogP contribution in [0.5, 0.6) is 0 Å². The third-order valence-electron chi connectivity index (χ3n) is 9.97. The van der Waals surface area contributed by atoms with Crippen molar-refractivity contribution in [2.24, 2.45) is 0 Å². The lowest BCUT2D eigenvalue weighted by atomic mass is 9.94. The summed E-state index contributed by atoms with van der Waals surface area (Å²) in [5, 5.41) is 10.9. The molecule has 4 heterocycles. The summed E-state index contributed by atoms with van der Waals surface area (Å²) >= 11 is 1.83. The second kappa shape index (κ2) is 9.71. The number of thiophene rings is 1. The van der Waals surface area contributed by atoms with Gasteiger partial charge in [0.15, 0.2) is 5.65 Å². The van der Waals surface area contributed by atoms with Crippen molar-refractivity contribution < 1.29 is 0 Å². The van der Waals surface area contributed by atoms with Crippen LogP contribution in [0, 0.1) is 0 Å². The molecule has 0 spiro atoms. The van der Waals surface area contributed by atoms with E-state index in [2.05, 4.69) is 144 Å². The maximum Gasteiger partial charge on any atom is 0.156 e. The van der Waals surface area contributed by atoms with Gasteiger partial charge in [0.2, 0.25) is 0 Å². The highest BCUT2D eigenvalue weighted by Gasteiger charge is 2.19. The Kier molecular flexibility index (Phi) is 5.26. The number of aromatic nitrogens is 3. The molecular weight excluding hydrogens is 603 g/mol. The second-order valence-electron chi connectivity index (χ2n) is 12.6. The topological polar surface area (TPSA) is 30.2 Å². The van der Waals surface area contributed by atoms with Crippen LogP contribution in [0.15, 0.2) is 152 Å². The average molecular weight is 628 g/mol. The van der Waals surface area contributed by atoms with Crippen LogP contribution in [-0.4, -0.2) is 14.4 Å². The quantitative estimate of drug-likeness (QED) is 0.141. The molecule has 0 saturated carbocycles. The number of nitrogens with zero attached hydrogens (tertiary/aromatic N) is 3. The molecule has 0 aliphatic carbocycles. The minimum absolute atomic E-state index is 1.01. The van der Waals surface area contributed by atoms with Crippen molar-refractivity contribution in [3.05, 3.63) is 152 Å². The monoisotopic (exact) mass is 627 g/mol. The minimum Gasteiger partial charge on any atom is -0.291 e. The van der Waals surface area contributed by atoms with Crippen molar-refractivity contribution in [1.29, 1.82) is 0 Å². The van der Waals surface area contributed by atoms with Gasteiger partial charge in [-0.1, -0.05) is 103 Å². The van der Waals surface area contributed by atoms with E-state index in [1.54, 1.807) is 0 Å². The van der Waals surface area contributed by atoms with Crippen molar-refractivity contribution in [2.75, 3.05) is 0 Å². The highest BCUT2D eigenvalue weighted by atomic mass is 32.1. The number of pyridine rings is 2. The summed E-state index contributed by atoms with van der Waals surface area (Å²) in [5.74, 6) is 0. The van der Waals surface area contributed by atoms with E-state index in [0.29, 0.717) is 0 Å². The molecule has 0 atom stereocenters. The zero-order chi connectivity index (χ0) is 31.3. The summed E-state index contributed by atoms with van der Waals surface area (Å²) in [6.07, 6.45) is 1.88. The molecule has 3 nitrogen and oxygen atoms in total. The normalized spacial score (nSPS) is 12.2. The summed E-state index contributed by atoms with van der Waals surface area (Å²) in [7, 11) is 0. The molecule has 0 N–H and O–H groups in total. The lowest BCUT2D eigenvalue weighted by molar-refractivity contribution is 1.25. The van der Waals surface area contributed by atoms with E-state index in [4.69, 9.17) is 9.97 Å². The first kappa shape index (κ1) is 26.0. The van der Waals surface area contributed by atoms with Gasteiger partial charge in [-0.05, 0) is 80.7 Å². The highest BCUT2D eigenvalue weighted by molar-refractivity contribution is 7.26. The SMILES string of the molecule is c1ccc2cc3c(ccc4c3nc3c5sc6ccccc6c5cc(-c5ccc(-c6cc7cccnc7c7ccccc67)cc5)n43)cc2c1. The Labute approximate surface area is 279 Å². The van der Waals surface area contributed by atoms with E-state index in [1.165, 1.54) is 63.6 Å². The van der Waals surface area contributed by atoms with Gasteiger partial charge in [-0.25, -0.2) is 4.98 Å². The smallest absolute Gasteiger partial charge is 0.156 e. The molecule has 48 heavy (non-hydrogen) atoms. The Balaban J connectivity index is 1.19. The summed E-state index contributed by atoms with van der Waals surface area (Å²) in [6, 6.07) is 52.9. The van der Waals surface area contributed by atoms with E-state index in [0.717, 1.165) is 38.8 Å². The predicted molar refractivity (Wildman–Crippen MR) is 204 cm³/mol. The van der Waals surface area contributed by atoms with Crippen LogP contribution < -0.4 is 0 Å². The molecular formula is C44H25N3S. The highest BCUT2D eigenvalue weighted by Crippen LogP contribution is 2.42. The van der Waals surface area contributed by atoms with Crippen molar-refractivity contribution >= 4 is 91.4 Å². The Morgan fingerprint density at radius 2 is 1.21 bits per heavy atom. The Morgan fingerprint density at radius 1 is 0.479 bits per heavy atom. The molecule has 0 amide bonds. The van der Waals surface area contributed by atoms with Gasteiger partial charge in [0, 0.05) is 37.8 Å². The van der Waals surface area contributed by atoms with E-state index < -0.39 is 0 Å². The summed E-state index contributed by atoms with van der Waals surface area (Å²) in [5.41, 5.74) is 8.92. The van der Waals surface area contributed by atoms with Crippen molar-refractivity contribution in [1.82, 2.24) is 14.4 Å². The molecule has 0 bridgehead atoms. The van der Waals surface area contributed by atoms with Gasteiger partial charge in [0.05, 0.1) is 26.9 Å². The molecule has 0 radical (unpaired) electrons. The molecule has 0 unspecified atom stereocenters. The molecule has 0 saturated heterocycles. The first-order valence-corrected chi connectivity index (χ1v) is 17.1. The van der Waals surface area contributed by atoms with Crippen molar-refractivity contribution in [3.63, 3.8) is 0 Å². The molecule has 222 valence electrons. The van der Waals surface area contributed by atoms with E-state index in [9.17, 15) is 0 Å². The van der Waals surface area contributed by atoms with Crippen LogP contribution in [0.1, 0.15) is 0 Å².